The molecule has 0 spiro atoms. The third-order valence-corrected chi connectivity index (χ3v) is 6.87. The molecule has 2 amide bonds. The second kappa shape index (κ2) is 7.96. The van der Waals surface area contributed by atoms with E-state index in [1.807, 2.05) is 0 Å². The quantitative estimate of drug-likeness (QED) is 0.322. The van der Waals surface area contributed by atoms with Crippen LogP contribution in [0.4, 0.5) is 13.2 Å². The van der Waals surface area contributed by atoms with Crippen LogP contribution in [0.5, 0.6) is 0 Å². The third-order valence-electron chi connectivity index (χ3n) is 4.31. The summed E-state index contributed by atoms with van der Waals surface area (Å²) < 4.78 is 76.5. The minimum Gasteiger partial charge on any atom is -0.476 e. The topological polar surface area (TPSA) is 147 Å². The van der Waals surface area contributed by atoms with Gasteiger partial charge < -0.3 is 14.6 Å². The number of halogens is 3. The second-order valence-corrected chi connectivity index (χ2v) is 9.46. The van der Waals surface area contributed by atoms with Gasteiger partial charge in [0.1, 0.15) is 11.4 Å². The number of nitrogens with one attached hydrogen (secondary N) is 1. The van der Waals surface area contributed by atoms with E-state index in [0.717, 1.165) is 0 Å². The number of fused-ring (bicyclic) bond motifs is 1. The predicted octanol–water partition coefficient (Wildman–Crippen LogP) is -0.193. The molecule has 0 aromatic heterocycles. The maximum absolute atomic E-state index is 12.6. The van der Waals surface area contributed by atoms with Gasteiger partial charge in [-0.3, -0.25) is 18.7 Å². The zero-order valence-corrected chi connectivity index (χ0v) is 16.8. The molecular formula is C16H13F3N2O8S2. The minimum atomic E-state index is -6.25. The van der Waals surface area contributed by atoms with Crippen LogP contribution in [0.1, 0.15) is 5.56 Å². The molecule has 2 N–H and O–H groups in total. The molecule has 2 heterocycles. The van der Waals surface area contributed by atoms with Gasteiger partial charge in [-0.2, -0.15) is 21.6 Å². The molecule has 0 aliphatic carbocycles. The number of carboxylic acids is 1. The van der Waals surface area contributed by atoms with E-state index in [0.29, 0.717) is 10.5 Å². The van der Waals surface area contributed by atoms with Gasteiger partial charge in [0, 0.05) is 0 Å². The summed E-state index contributed by atoms with van der Waals surface area (Å²) in [4.78, 5) is 36.5. The molecule has 15 heteroatoms. The second-order valence-electron chi connectivity index (χ2n) is 6.39. The first-order valence-corrected chi connectivity index (χ1v) is 11.1. The number of nitrogens with zero attached hydrogens (tertiary/aromatic N) is 1. The number of carbonyl (C=O) groups is 3. The number of alkyl halides is 3. The molecule has 168 valence electrons. The number of rotatable bonds is 6. The normalized spacial score (nSPS) is 23.6. The molecule has 1 aromatic carbocycles. The van der Waals surface area contributed by atoms with Crippen LogP contribution in [0.25, 0.3) is 0 Å². The molecule has 1 fully saturated rings. The summed E-state index contributed by atoms with van der Waals surface area (Å²) in [6.45, 7) is 0. The van der Waals surface area contributed by atoms with Crippen LogP contribution >= 0.6 is 0 Å². The number of amides is 2. The van der Waals surface area contributed by atoms with E-state index in [4.69, 9.17) is 0 Å². The third kappa shape index (κ3) is 4.27. The Labute approximate surface area is 175 Å². The predicted molar refractivity (Wildman–Crippen MR) is 96.4 cm³/mol. The van der Waals surface area contributed by atoms with E-state index in [1.165, 1.54) is 0 Å². The van der Waals surface area contributed by atoms with Crippen LogP contribution in [0.15, 0.2) is 41.8 Å². The average Bonchev–Trinajstić information content (AvgIpc) is 2.65. The van der Waals surface area contributed by atoms with E-state index < -0.39 is 72.8 Å². The molecule has 0 bridgehead atoms. The SMILES string of the molecule is O=C(Cc1ccccc1)N[C@@H]1C(=O)N2C(C(=O)O)=C(OS(=O)(=O)C(F)(F)F)C[S@](=O)[C@H]12. The fourth-order valence-electron chi connectivity index (χ4n) is 2.99. The smallest absolute Gasteiger partial charge is 0.476 e. The fraction of sp³-hybridized carbons (Fsp3) is 0.312. The van der Waals surface area contributed by atoms with Crippen molar-refractivity contribution in [2.24, 2.45) is 0 Å². The van der Waals surface area contributed by atoms with Crippen LogP contribution in [0.3, 0.4) is 0 Å². The number of hydrogen-bond donors (Lipinski definition) is 2. The highest BCUT2D eigenvalue weighted by atomic mass is 32.2. The van der Waals surface area contributed by atoms with Crippen molar-refractivity contribution in [3.63, 3.8) is 0 Å². The van der Waals surface area contributed by atoms with Gasteiger partial charge in [-0.15, -0.1) is 0 Å². The maximum Gasteiger partial charge on any atom is 0.534 e. The molecule has 10 nitrogen and oxygen atoms in total. The van der Waals surface area contributed by atoms with E-state index in [9.17, 15) is 45.3 Å². The molecule has 1 aromatic rings. The zero-order chi connectivity index (χ0) is 23.1. The molecule has 2 aliphatic heterocycles. The van der Waals surface area contributed by atoms with Crippen molar-refractivity contribution in [1.82, 2.24) is 10.2 Å². The van der Waals surface area contributed by atoms with Gasteiger partial charge in [0.15, 0.2) is 11.5 Å². The number of benzene rings is 1. The van der Waals surface area contributed by atoms with Gasteiger partial charge in [-0.1, -0.05) is 30.3 Å². The Morgan fingerprint density at radius 1 is 1.26 bits per heavy atom. The molecule has 2 aliphatic rings. The fourth-order valence-corrected chi connectivity index (χ4v) is 5.12. The van der Waals surface area contributed by atoms with Crippen LogP contribution in [0.2, 0.25) is 0 Å². The standard InChI is InChI=1S/C16H13F3N2O8S2/c17-16(18,19)31(27,28)29-9-7-30(26)14-11(13(23)21(14)12(9)15(24)25)20-10(22)6-8-4-2-1-3-5-8/h1-5,11,14H,6-7H2,(H,20,22)(H,24,25)/t11-,14-,30+/m1/s1. The van der Waals surface area contributed by atoms with Gasteiger partial charge in [-0.25, -0.2) is 4.79 Å². The maximum atomic E-state index is 12.6. The van der Waals surface area contributed by atoms with E-state index in [1.54, 1.807) is 30.3 Å². The first kappa shape index (κ1) is 22.7. The molecule has 3 rings (SSSR count). The van der Waals surface area contributed by atoms with Crippen molar-refractivity contribution in [3.8, 4) is 0 Å². The molecule has 31 heavy (non-hydrogen) atoms. The van der Waals surface area contributed by atoms with Gasteiger partial charge in [0.2, 0.25) is 5.91 Å². The van der Waals surface area contributed by atoms with E-state index >= 15 is 0 Å². The summed E-state index contributed by atoms with van der Waals surface area (Å²) in [5.41, 5.74) is -6.45. The number of carbonyl (C=O) groups excluding carboxylic acids is 2. The summed E-state index contributed by atoms with van der Waals surface area (Å²) >= 11 is 0. The summed E-state index contributed by atoms with van der Waals surface area (Å²) in [6, 6.07) is 6.96. The number of hydrogen-bond acceptors (Lipinski definition) is 7. The number of aliphatic carboxylic acids is 1. The lowest BCUT2D eigenvalue weighted by Crippen LogP contribution is -2.73. The molecule has 3 atom stereocenters. The zero-order valence-electron chi connectivity index (χ0n) is 15.2. The van der Waals surface area contributed by atoms with Crippen molar-refractivity contribution in [2.75, 3.05) is 5.75 Å². The number of carboxylic acid groups (broad SMARTS) is 1. The molecule has 0 radical (unpaired) electrons. The van der Waals surface area contributed by atoms with Crippen LogP contribution in [-0.2, 0) is 45.9 Å². The monoisotopic (exact) mass is 482 g/mol. The average molecular weight is 482 g/mol. The van der Waals surface area contributed by atoms with Crippen LogP contribution in [0, 0.1) is 0 Å². The highest BCUT2D eigenvalue weighted by molar-refractivity contribution is 7.88. The van der Waals surface area contributed by atoms with Crippen molar-refractivity contribution in [3.05, 3.63) is 47.4 Å². The van der Waals surface area contributed by atoms with Crippen LogP contribution < -0.4 is 5.32 Å². The van der Waals surface area contributed by atoms with Gasteiger partial charge in [0.25, 0.3) is 5.91 Å². The molecular weight excluding hydrogens is 469 g/mol. The Hall–Kier alpha value is -2.94. The van der Waals surface area contributed by atoms with Gasteiger partial charge in [-0.05, 0) is 5.56 Å². The highest BCUT2D eigenvalue weighted by Gasteiger charge is 2.59. The van der Waals surface area contributed by atoms with E-state index in [-0.39, 0.29) is 6.42 Å². The molecule has 0 unspecified atom stereocenters. The lowest BCUT2D eigenvalue weighted by atomic mass is 10.0. The first-order chi connectivity index (χ1) is 14.3. The van der Waals surface area contributed by atoms with Crippen molar-refractivity contribution >= 4 is 38.7 Å². The highest BCUT2D eigenvalue weighted by Crippen LogP contribution is 2.37. The molecule has 0 saturated carbocycles. The number of β-lactam (4-membered cyclic amide) rings is 1. The Kier molecular flexibility index (Phi) is 5.84. The minimum absolute atomic E-state index is 0.135. The summed E-state index contributed by atoms with van der Waals surface area (Å²) in [5.74, 6) is -5.99. The van der Waals surface area contributed by atoms with Crippen molar-refractivity contribution < 1.29 is 49.5 Å². The van der Waals surface area contributed by atoms with Gasteiger partial charge in [0.05, 0.1) is 23.0 Å². The van der Waals surface area contributed by atoms with E-state index in [2.05, 4.69) is 9.50 Å². The Bertz CT molecular complexity index is 1100. The lowest BCUT2D eigenvalue weighted by Gasteiger charge is -2.48. The Morgan fingerprint density at radius 2 is 1.87 bits per heavy atom. The molecule has 1 saturated heterocycles. The largest absolute Gasteiger partial charge is 0.534 e. The summed E-state index contributed by atoms with van der Waals surface area (Å²) in [7, 11) is -8.51. The Morgan fingerprint density at radius 3 is 2.42 bits per heavy atom. The van der Waals surface area contributed by atoms with Crippen molar-refractivity contribution in [1.29, 1.82) is 0 Å². The lowest BCUT2D eigenvalue weighted by molar-refractivity contribution is -0.151. The summed E-state index contributed by atoms with van der Waals surface area (Å²) in [5, 5.41) is 10.2. The summed E-state index contributed by atoms with van der Waals surface area (Å²) in [6.07, 6.45) is -0.135. The van der Waals surface area contributed by atoms with Crippen molar-refractivity contribution in [2.45, 2.75) is 23.3 Å². The van der Waals surface area contributed by atoms with Gasteiger partial charge >= 0.3 is 21.6 Å². The Balaban J connectivity index is 1.83. The van der Waals surface area contributed by atoms with Crippen LogP contribution in [-0.4, -0.2) is 63.1 Å². The first-order valence-electron chi connectivity index (χ1n) is 8.34.